The molecule has 0 aliphatic carbocycles. The van der Waals surface area contributed by atoms with Crippen molar-refractivity contribution in [3.8, 4) is 0 Å². The lowest BCUT2D eigenvalue weighted by atomic mass is 9.87. The maximum atomic E-state index is 6.24. The van der Waals surface area contributed by atoms with Gasteiger partial charge in [0, 0.05) is 10.6 Å². The second kappa shape index (κ2) is 5.80. The fourth-order valence-corrected chi connectivity index (χ4v) is 3.16. The van der Waals surface area contributed by atoms with E-state index in [0.29, 0.717) is 0 Å². The van der Waals surface area contributed by atoms with E-state index in [2.05, 4.69) is 36.3 Å². The number of halogens is 1. The van der Waals surface area contributed by atoms with E-state index in [1.54, 1.807) is 0 Å². The molecule has 1 unspecified atom stereocenters. The topological polar surface area (TPSA) is 41.3 Å². The second-order valence-corrected chi connectivity index (χ2v) is 6.36. The van der Waals surface area contributed by atoms with Crippen LogP contribution in [0.15, 0.2) is 18.2 Å². The van der Waals surface area contributed by atoms with Crippen molar-refractivity contribution in [3.63, 3.8) is 0 Å². The maximum absolute atomic E-state index is 6.24. The summed E-state index contributed by atoms with van der Waals surface area (Å²) in [5.41, 5.74) is 5.20. The van der Waals surface area contributed by atoms with Crippen LogP contribution in [0.3, 0.4) is 0 Å². The molecule has 3 nitrogen and oxygen atoms in total. The van der Waals surface area contributed by atoms with E-state index >= 15 is 0 Å². The molecular weight excluding hydrogens is 258 g/mol. The van der Waals surface area contributed by atoms with Gasteiger partial charge < -0.3 is 0 Å². The van der Waals surface area contributed by atoms with Crippen LogP contribution >= 0.6 is 11.6 Å². The molecule has 1 atom stereocenters. The lowest BCUT2D eigenvalue weighted by Crippen LogP contribution is -2.53. The monoisotopic (exact) mass is 281 g/mol. The quantitative estimate of drug-likeness (QED) is 0.658. The average Bonchev–Trinajstić information content (AvgIpc) is 2.88. The largest absolute Gasteiger partial charge is 0.296 e. The molecule has 1 fully saturated rings. The number of hydrogen-bond acceptors (Lipinski definition) is 3. The van der Waals surface area contributed by atoms with Crippen molar-refractivity contribution >= 4 is 11.6 Å². The predicted molar refractivity (Wildman–Crippen MR) is 81.1 cm³/mol. The van der Waals surface area contributed by atoms with Crippen molar-refractivity contribution in [2.75, 3.05) is 13.1 Å². The Morgan fingerprint density at radius 2 is 1.95 bits per heavy atom. The molecule has 2 rings (SSSR count). The Bertz CT molecular complexity index is 439. The molecule has 0 radical (unpaired) electrons. The van der Waals surface area contributed by atoms with Crippen LogP contribution in [-0.4, -0.2) is 23.5 Å². The smallest absolute Gasteiger partial charge is 0.0639 e. The minimum atomic E-state index is -0.0240. The van der Waals surface area contributed by atoms with Gasteiger partial charge in [-0.25, -0.2) is 0 Å². The highest BCUT2D eigenvalue weighted by Crippen LogP contribution is 2.34. The highest BCUT2D eigenvalue weighted by molar-refractivity contribution is 6.31. The van der Waals surface area contributed by atoms with Crippen LogP contribution in [0.2, 0.25) is 5.02 Å². The number of benzene rings is 1. The molecule has 0 amide bonds. The first kappa shape index (κ1) is 14.8. The van der Waals surface area contributed by atoms with Gasteiger partial charge in [0.1, 0.15) is 0 Å². The van der Waals surface area contributed by atoms with Gasteiger partial charge in [0.15, 0.2) is 0 Å². The third kappa shape index (κ3) is 2.95. The van der Waals surface area contributed by atoms with E-state index in [-0.39, 0.29) is 11.6 Å². The number of nitrogens with one attached hydrogen (secondary N) is 1. The highest BCUT2D eigenvalue weighted by Gasteiger charge is 2.37. The van der Waals surface area contributed by atoms with Crippen LogP contribution in [0.4, 0.5) is 0 Å². The van der Waals surface area contributed by atoms with Crippen LogP contribution in [0, 0.1) is 6.92 Å². The fourth-order valence-electron chi connectivity index (χ4n) is 2.97. The Morgan fingerprint density at radius 1 is 1.32 bits per heavy atom. The van der Waals surface area contributed by atoms with Gasteiger partial charge in [-0.1, -0.05) is 23.7 Å². The SMILES string of the molecule is Cc1ccc(C(NN)C(C)(C)N2CCCC2)cc1Cl. The predicted octanol–water partition coefficient (Wildman–Crippen LogP) is 3.03. The Kier molecular flexibility index (Phi) is 4.51. The Labute approximate surface area is 121 Å². The molecule has 1 aromatic carbocycles. The number of nitrogens with zero attached hydrogens (tertiary/aromatic N) is 1. The number of aryl methyl sites for hydroxylation is 1. The zero-order chi connectivity index (χ0) is 14.0. The molecule has 0 aromatic heterocycles. The summed E-state index contributed by atoms with van der Waals surface area (Å²) in [4.78, 5) is 2.51. The van der Waals surface area contributed by atoms with Gasteiger partial charge in [-0.3, -0.25) is 16.2 Å². The van der Waals surface area contributed by atoms with E-state index in [0.717, 1.165) is 29.2 Å². The van der Waals surface area contributed by atoms with E-state index in [9.17, 15) is 0 Å². The van der Waals surface area contributed by atoms with Gasteiger partial charge in [0.25, 0.3) is 0 Å². The summed E-state index contributed by atoms with van der Waals surface area (Å²) in [6.45, 7) is 8.80. The first-order chi connectivity index (χ1) is 8.96. The van der Waals surface area contributed by atoms with E-state index in [4.69, 9.17) is 17.4 Å². The molecule has 1 saturated heterocycles. The van der Waals surface area contributed by atoms with E-state index in [1.807, 2.05) is 13.0 Å². The highest BCUT2D eigenvalue weighted by atomic mass is 35.5. The van der Waals surface area contributed by atoms with Crippen molar-refractivity contribution in [2.45, 2.75) is 45.2 Å². The Morgan fingerprint density at radius 3 is 2.47 bits per heavy atom. The minimum absolute atomic E-state index is 0.0240. The minimum Gasteiger partial charge on any atom is -0.296 e. The van der Waals surface area contributed by atoms with Crippen molar-refractivity contribution in [2.24, 2.45) is 5.84 Å². The molecule has 1 aromatic rings. The van der Waals surface area contributed by atoms with Gasteiger partial charge >= 0.3 is 0 Å². The van der Waals surface area contributed by atoms with Gasteiger partial charge in [0.05, 0.1) is 6.04 Å². The lowest BCUT2D eigenvalue weighted by molar-refractivity contribution is 0.107. The number of hydrogen-bond donors (Lipinski definition) is 2. The zero-order valence-electron chi connectivity index (χ0n) is 12.0. The summed E-state index contributed by atoms with van der Waals surface area (Å²) in [5, 5.41) is 0.801. The van der Waals surface area contributed by atoms with Crippen molar-refractivity contribution < 1.29 is 0 Å². The van der Waals surface area contributed by atoms with Crippen LogP contribution in [0.25, 0.3) is 0 Å². The summed E-state index contributed by atoms with van der Waals surface area (Å²) in [6, 6.07) is 6.27. The fraction of sp³-hybridized carbons (Fsp3) is 0.600. The van der Waals surface area contributed by atoms with Crippen LogP contribution in [0.5, 0.6) is 0 Å². The molecule has 1 aliphatic heterocycles. The molecule has 106 valence electrons. The van der Waals surface area contributed by atoms with Crippen molar-refractivity contribution in [3.05, 3.63) is 34.3 Å². The molecule has 1 heterocycles. The first-order valence-corrected chi connectivity index (χ1v) is 7.32. The summed E-state index contributed by atoms with van der Waals surface area (Å²) in [6.07, 6.45) is 2.55. The first-order valence-electron chi connectivity index (χ1n) is 6.94. The molecular formula is C15H24ClN3. The summed E-state index contributed by atoms with van der Waals surface area (Å²) >= 11 is 6.24. The lowest BCUT2D eigenvalue weighted by Gasteiger charge is -2.42. The Balaban J connectivity index is 2.29. The molecule has 19 heavy (non-hydrogen) atoms. The van der Waals surface area contributed by atoms with E-state index < -0.39 is 0 Å². The summed E-state index contributed by atoms with van der Waals surface area (Å²) in [7, 11) is 0. The van der Waals surface area contributed by atoms with Gasteiger partial charge in [0.2, 0.25) is 0 Å². The second-order valence-electron chi connectivity index (χ2n) is 5.96. The van der Waals surface area contributed by atoms with Gasteiger partial charge in [-0.2, -0.15) is 0 Å². The van der Waals surface area contributed by atoms with Crippen LogP contribution < -0.4 is 11.3 Å². The van der Waals surface area contributed by atoms with Gasteiger partial charge in [-0.15, -0.1) is 0 Å². The van der Waals surface area contributed by atoms with E-state index in [1.165, 1.54) is 12.8 Å². The summed E-state index contributed by atoms with van der Waals surface area (Å²) < 4.78 is 0. The molecule has 0 saturated carbocycles. The maximum Gasteiger partial charge on any atom is 0.0639 e. The summed E-state index contributed by atoms with van der Waals surface area (Å²) in [5.74, 6) is 5.83. The molecule has 4 heteroatoms. The number of hydrazine groups is 1. The normalized spacial score (nSPS) is 18.8. The zero-order valence-corrected chi connectivity index (χ0v) is 12.8. The number of likely N-dealkylation sites (tertiary alicyclic amines) is 1. The third-order valence-corrected chi connectivity index (χ3v) is 4.73. The van der Waals surface area contributed by atoms with Crippen LogP contribution in [0.1, 0.15) is 43.9 Å². The third-order valence-electron chi connectivity index (χ3n) is 4.32. The number of nitrogens with two attached hydrogens (primary N) is 1. The molecule has 1 aliphatic rings. The molecule has 0 bridgehead atoms. The molecule has 3 N–H and O–H groups in total. The Hall–Kier alpha value is -0.610. The van der Waals surface area contributed by atoms with Crippen LogP contribution in [-0.2, 0) is 0 Å². The molecule has 0 spiro atoms. The van der Waals surface area contributed by atoms with Crippen molar-refractivity contribution in [1.82, 2.24) is 10.3 Å². The standard InChI is InChI=1S/C15H24ClN3/c1-11-6-7-12(10-13(11)16)14(18-17)15(2,3)19-8-4-5-9-19/h6-7,10,14,18H,4-5,8-9,17H2,1-3H3. The van der Waals surface area contributed by atoms with Crippen molar-refractivity contribution in [1.29, 1.82) is 0 Å². The van der Waals surface area contributed by atoms with Gasteiger partial charge in [-0.05, 0) is 63.9 Å². The number of rotatable bonds is 4. The average molecular weight is 282 g/mol.